The Bertz CT molecular complexity index is 529. The molecule has 0 aliphatic heterocycles. The molecular weight excluding hydrogens is 210 g/mol. The first kappa shape index (κ1) is 11.5. The number of hydrogen-bond acceptors (Lipinski definition) is 2. The van der Waals surface area contributed by atoms with E-state index in [0.717, 1.165) is 17.5 Å². The van der Waals surface area contributed by atoms with Gasteiger partial charge in [0.05, 0.1) is 0 Å². The molecule has 2 nitrogen and oxygen atoms in total. The SMILES string of the molecule is CCc1ccc(C(=O)c2cncc(C)c2)cc1. The van der Waals surface area contributed by atoms with E-state index >= 15 is 0 Å². The fourth-order valence-corrected chi connectivity index (χ4v) is 1.74. The Kier molecular flexibility index (Phi) is 3.33. The number of aryl methyl sites for hydroxylation is 2. The van der Waals surface area contributed by atoms with Crippen molar-refractivity contribution in [1.29, 1.82) is 0 Å². The van der Waals surface area contributed by atoms with Gasteiger partial charge in [0.2, 0.25) is 0 Å². The van der Waals surface area contributed by atoms with Gasteiger partial charge in [-0.2, -0.15) is 0 Å². The van der Waals surface area contributed by atoms with Crippen molar-refractivity contribution in [3.8, 4) is 0 Å². The van der Waals surface area contributed by atoms with E-state index in [4.69, 9.17) is 0 Å². The Morgan fingerprint density at radius 3 is 2.41 bits per heavy atom. The van der Waals surface area contributed by atoms with Crippen molar-refractivity contribution in [2.75, 3.05) is 0 Å². The van der Waals surface area contributed by atoms with Gasteiger partial charge < -0.3 is 0 Å². The lowest BCUT2D eigenvalue weighted by Gasteiger charge is -2.03. The molecular formula is C15H15NO. The third-order valence-electron chi connectivity index (χ3n) is 2.76. The van der Waals surface area contributed by atoms with E-state index in [9.17, 15) is 4.79 Å². The molecule has 0 aliphatic carbocycles. The molecule has 17 heavy (non-hydrogen) atoms. The summed E-state index contributed by atoms with van der Waals surface area (Å²) >= 11 is 0. The van der Waals surface area contributed by atoms with E-state index in [1.165, 1.54) is 5.56 Å². The van der Waals surface area contributed by atoms with E-state index in [1.807, 2.05) is 37.3 Å². The predicted molar refractivity (Wildman–Crippen MR) is 68.2 cm³/mol. The van der Waals surface area contributed by atoms with Crippen molar-refractivity contribution in [3.05, 3.63) is 65.0 Å². The molecule has 0 N–H and O–H groups in total. The highest BCUT2D eigenvalue weighted by atomic mass is 16.1. The van der Waals surface area contributed by atoms with Crippen LogP contribution >= 0.6 is 0 Å². The minimum atomic E-state index is 0.0313. The summed E-state index contributed by atoms with van der Waals surface area (Å²) in [5, 5.41) is 0. The zero-order valence-electron chi connectivity index (χ0n) is 10.1. The zero-order valence-corrected chi connectivity index (χ0v) is 10.1. The predicted octanol–water partition coefficient (Wildman–Crippen LogP) is 3.18. The monoisotopic (exact) mass is 225 g/mol. The summed E-state index contributed by atoms with van der Waals surface area (Å²) in [5.74, 6) is 0.0313. The molecule has 0 saturated heterocycles. The quantitative estimate of drug-likeness (QED) is 0.751. The summed E-state index contributed by atoms with van der Waals surface area (Å²) in [6.45, 7) is 4.03. The van der Waals surface area contributed by atoms with Gasteiger partial charge in [0.1, 0.15) is 0 Å². The van der Waals surface area contributed by atoms with Crippen LogP contribution in [0.2, 0.25) is 0 Å². The highest BCUT2D eigenvalue weighted by Gasteiger charge is 2.09. The number of benzene rings is 1. The number of carbonyl (C=O) groups excluding carboxylic acids is 1. The van der Waals surface area contributed by atoms with Gasteiger partial charge in [0.15, 0.2) is 5.78 Å². The van der Waals surface area contributed by atoms with Crippen LogP contribution in [0.25, 0.3) is 0 Å². The Balaban J connectivity index is 2.30. The second-order valence-corrected chi connectivity index (χ2v) is 4.13. The van der Waals surface area contributed by atoms with Crippen LogP contribution in [0.3, 0.4) is 0 Å². The lowest BCUT2D eigenvalue weighted by molar-refractivity contribution is 0.103. The molecule has 0 unspecified atom stereocenters. The van der Waals surface area contributed by atoms with Gasteiger partial charge in [0, 0.05) is 23.5 Å². The van der Waals surface area contributed by atoms with Crippen molar-refractivity contribution in [3.63, 3.8) is 0 Å². The van der Waals surface area contributed by atoms with Crippen molar-refractivity contribution >= 4 is 5.78 Å². The van der Waals surface area contributed by atoms with Crippen molar-refractivity contribution in [1.82, 2.24) is 4.98 Å². The van der Waals surface area contributed by atoms with E-state index in [-0.39, 0.29) is 5.78 Å². The largest absolute Gasteiger partial charge is 0.289 e. The topological polar surface area (TPSA) is 30.0 Å². The fraction of sp³-hybridized carbons (Fsp3) is 0.200. The van der Waals surface area contributed by atoms with E-state index in [0.29, 0.717) is 5.56 Å². The molecule has 2 rings (SSSR count). The third kappa shape index (κ3) is 2.59. The van der Waals surface area contributed by atoms with Gasteiger partial charge in [0.25, 0.3) is 0 Å². The van der Waals surface area contributed by atoms with Gasteiger partial charge in [-0.3, -0.25) is 9.78 Å². The van der Waals surface area contributed by atoms with Gasteiger partial charge in [-0.15, -0.1) is 0 Å². The summed E-state index contributed by atoms with van der Waals surface area (Å²) in [6, 6.07) is 9.61. The molecule has 1 aromatic heterocycles. The molecule has 1 heterocycles. The second-order valence-electron chi connectivity index (χ2n) is 4.13. The van der Waals surface area contributed by atoms with Crippen LogP contribution in [0, 0.1) is 6.92 Å². The highest BCUT2D eigenvalue weighted by Crippen LogP contribution is 2.11. The van der Waals surface area contributed by atoms with Gasteiger partial charge in [-0.1, -0.05) is 31.2 Å². The van der Waals surface area contributed by atoms with Crippen LogP contribution in [-0.4, -0.2) is 10.8 Å². The van der Waals surface area contributed by atoms with Crippen LogP contribution in [0.15, 0.2) is 42.7 Å². The normalized spacial score (nSPS) is 10.2. The van der Waals surface area contributed by atoms with E-state index in [2.05, 4.69) is 11.9 Å². The molecule has 2 aromatic rings. The Hall–Kier alpha value is -1.96. The standard InChI is InChI=1S/C15H15NO/c1-3-12-4-6-13(7-5-12)15(17)14-8-11(2)9-16-10-14/h4-10H,3H2,1-2H3. The van der Waals surface area contributed by atoms with Crippen molar-refractivity contribution in [2.24, 2.45) is 0 Å². The average molecular weight is 225 g/mol. The van der Waals surface area contributed by atoms with Crippen LogP contribution in [-0.2, 0) is 6.42 Å². The van der Waals surface area contributed by atoms with Crippen LogP contribution in [0.5, 0.6) is 0 Å². The van der Waals surface area contributed by atoms with Crippen molar-refractivity contribution < 1.29 is 4.79 Å². The molecule has 0 amide bonds. The maximum Gasteiger partial charge on any atom is 0.194 e. The maximum atomic E-state index is 12.2. The van der Waals surface area contributed by atoms with Gasteiger partial charge in [-0.25, -0.2) is 0 Å². The summed E-state index contributed by atoms with van der Waals surface area (Å²) in [6.07, 6.45) is 4.35. The smallest absolute Gasteiger partial charge is 0.194 e. The number of nitrogens with zero attached hydrogens (tertiary/aromatic N) is 1. The van der Waals surface area contributed by atoms with E-state index in [1.54, 1.807) is 12.4 Å². The Morgan fingerprint density at radius 2 is 1.82 bits per heavy atom. The number of ketones is 1. The molecule has 86 valence electrons. The second kappa shape index (κ2) is 4.91. The summed E-state index contributed by atoms with van der Waals surface area (Å²) in [7, 11) is 0. The summed E-state index contributed by atoms with van der Waals surface area (Å²) in [5.41, 5.74) is 3.61. The lowest BCUT2D eigenvalue weighted by Crippen LogP contribution is -2.02. The molecule has 0 aliphatic rings. The average Bonchev–Trinajstić information content (AvgIpc) is 2.38. The molecule has 0 bridgehead atoms. The molecule has 1 aromatic carbocycles. The molecule has 0 spiro atoms. The number of aromatic nitrogens is 1. The minimum absolute atomic E-state index is 0.0313. The number of hydrogen-bond donors (Lipinski definition) is 0. The fourth-order valence-electron chi connectivity index (χ4n) is 1.74. The van der Waals surface area contributed by atoms with Gasteiger partial charge >= 0.3 is 0 Å². The Labute approximate surface area is 101 Å². The number of pyridine rings is 1. The van der Waals surface area contributed by atoms with Crippen LogP contribution < -0.4 is 0 Å². The summed E-state index contributed by atoms with van der Waals surface area (Å²) in [4.78, 5) is 16.2. The molecule has 0 fully saturated rings. The maximum absolute atomic E-state index is 12.2. The van der Waals surface area contributed by atoms with E-state index < -0.39 is 0 Å². The van der Waals surface area contributed by atoms with Gasteiger partial charge in [-0.05, 0) is 30.5 Å². The minimum Gasteiger partial charge on any atom is -0.289 e. The highest BCUT2D eigenvalue weighted by molar-refractivity contribution is 6.08. The van der Waals surface area contributed by atoms with Crippen LogP contribution in [0.4, 0.5) is 0 Å². The number of rotatable bonds is 3. The van der Waals surface area contributed by atoms with Crippen molar-refractivity contribution in [2.45, 2.75) is 20.3 Å². The molecule has 0 atom stereocenters. The molecule has 0 radical (unpaired) electrons. The first-order valence-electron chi connectivity index (χ1n) is 5.76. The molecule has 2 heteroatoms. The Morgan fingerprint density at radius 1 is 1.12 bits per heavy atom. The first-order valence-corrected chi connectivity index (χ1v) is 5.76. The molecule has 0 saturated carbocycles. The first-order chi connectivity index (χ1) is 8.20. The zero-order chi connectivity index (χ0) is 12.3. The summed E-state index contributed by atoms with van der Waals surface area (Å²) < 4.78 is 0. The van der Waals surface area contributed by atoms with Crippen LogP contribution in [0.1, 0.15) is 34.0 Å². The third-order valence-corrected chi connectivity index (χ3v) is 2.76. The number of carbonyl (C=O) groups is 1. The lowest BCUT2D eigenvalue weighted by atomic mass is 10.0.